The summed E-state index contributed by atoms with van der Waals surface area (Å²) >= 11 is 0. The molecular weight excluding hydrogens is 1110 g/mol. The first kappa shape index (κ1) is 63.1. The maximum absolute atomic E-state index is 12.6. The lowest BCUT2D eigenvalue weighted by Crippen LogP contribution is -2.67. The van der Waals surface area contributed by atoms with Crippen molar-refractivity contribution in [1.82, 2.24) is 5.48 Å². The smallest absolute Gasteiger partial charge is 0.397 e. The van der Waals surface area contributed by atoms with Crippen LogP contribution in [0, 0.1) is 28.9 Å². The van der Waals surface area contributed by atoms with Crippen LogP contribution in [0.4, 0.5) is 0 Å². The number of carboxylic acids is 1. The van der Waals surface area contributed by atoms with Crippen LogP contribution in [0.15, 0.2) is 0 Å². The van der Waals surface area contributed by atoms with Gasteiger partial charge in [0.2, 0.25) is 0 Å². The van der Waals surface area contributed by atoms with Crippen LogP contribution < -0.4 is 5.48 Å². The zero-order valence-corrected chi connectivity index (χ0v) is 42.2. The Hall–Kier alpha value is -1.77. The van der Waals surface area contributed by atoms with Crippen LogP contribution in [0.25, 0.3) is 0 Å². The largest absolute Gasteiger partial charge is 0.786 e. The van der Waals surface area contributed by atoms with Crippen molar-refractivity contribution in [3.63, 3.8) is 0 Å². The molecule has 5 aliphatic heterocycles. The molecule has 0 amide bonds. The van der Waals surface area contributed by atoms with Crippen LogP contribution >= 0.6 is 0 Å². The predicted octanol–water partition coefficient (Wildman–Crippen LogP) is -6.72. The van der Waals surface area contributed by atoms with E-state index in [1.54, 1.807) is 0 Å². The van der Waals surface area contributed by atoms with Gasteiger partial charge in [0.05, 0.1) is 38.1 Å². The first-order chi connectivity index (χ1) is 34.1. The van der Waals surface area contributed by atoms with E-state index >= 15 is 0 Å². The lowest BCUT2D eigenvalue weighted by molar-refractivity contribution is -0.379. The van der Waals surface area contributed by atoms with Crippen LogP contribution in [0.2, 0.25) is 0 Å². The van der Waals surface area contributed by atoms with Crippen LogP contribution in [0.3, 0.4) is 0 Å². The Morgan fingerprint density at radius 3 is 1.45 bits per heavy atom. The maximum Gasteiger partial charge on any atom is 0.397 e. The lowest BCUT2D eigenvalue weighted by Gasteiger charge is -2.51. The van der Waals surface area contributed by atoms with Gasteiger partial charge in [-0.25, -0.2) is 21.5 Å². The summed E-state index contributed by atoms with van der Waals surface area (Å²) in [7, 11) is -20.1. The van der Waals surface area contributed by atoms with Gasteiger partial charge in [-0.3, -0.25) is 18.2 Å². The summed E-state index contributed by atoms with van der Waals surface area (Å²) in [5, 5.41) is 89.0. The number of carboxylic acid groups (broad SMARTS) is 1. The van der Waals surface area contributed by atoms with Crippen molar-refractivity contribution in [2.75, 3.05) is 26.9 Å². The third kappa shape index (κ3) is 16.0. The standard InChI is InChI=1S/C34H58NO35S4/c1-9-10(2)31(67-25-21(41)26(70-74(54,55)56)34(69-28(25)35-44)65-23-15(8-60-73(51,52)53)62-30(57-5)12(4)17(23)37)63-14(7-59-72(48,49)50)22(9)64-33-20(40)19(39)24(27(68-33)29(42)43)66-32-11(3)16(36)18(38)13(61-32)6-58-71(45,46)47/h9-28,30-41H,6-8H2,1-5H3,(H,42,43)(H,45,46,47)(H,48,49,50)(H,51,52,53)(H,54,55,56)/q-1/t9-,10?,11?,12?,13?,14?,15?,16-,17-,18-,19-,20?,21?,22+,23-,24+,25+,26?,27?,28-,30+,31-,32-,33-,34-/m1/s1. The summed E-state index contributed by atoms with van der Waals surface area (Å²) in [4.78, 5) is 12.6. The molecule has 12 N–H and O–H groups in total. The highest BCUT2D eigenvalue weighted by Crippen LogP contribution is 2.40. The fourth-order valence-electron chi connectivity index (χ4n) is 8.55. The number of ether oxygens (including phenoxy) is 10. The molecule has 0 radical (unpaired) electrons. The Labute approximate surface area is 421 Å². The van der Waals surface area contributed by atoms with E-state index in [1.807, 2.05) is 0 Å². The van der Waals surface area contributed by atoms with Gasteiger partial charge in [-0.1, -0.05) is 27.7 Å². The minimum absolute atomic E-state index is 1.04. The Balaban J connectivity index is 1.38. The highest BCUT2D eigenvalue weighted by atomic mass is 32.3. The van der Waals surface area contributed by atoms with E-state index in [0.29, 0.717) is 0 Å². The second-order valence-corrected chi connectivity index (χ2v) is 21.9. The number of methoxy groups -OCH3 is 1. The minimum atomic E-state index is -5.63. The maximum atomic E-state index is 12.6. The molecule has 25 atom stereocenters. The number of rotatable bonds is 22. The second kappa shape index (κ2) is 25.1. The Kier molecular flexibility index (Phi) is 21.4. The van der Waals surface area contributed by atoms with E-state index in [-0.39, 0.29) is 0 Å². The van der Waals surface area contributed by atoms with Gasteiger partial charge in [0.25, 0.3) is 0 Å². The van der Waals surface area contributed by atoms with E-state index in [1.165, 1.54) is 33.2 Å². The number of hydrogen-bond donors (Lipinski definition) is 12. The third-order valence-electron chi connectivity index (χ3n) is 12.6. The van der Waals surface area contributed by atoms with Crippen molar-refractivity contribution >= 4 is 47.6 Å². The van der Waals surface area contributed by atoms with E-state index in [0.717, 1.165) is 7.11 Å². The van der Waals surface area contributed by atoms with Gasteiger partial charge in [-0.15, -0.1) is 0 Å². The van der Waals surface area contributed by atoms with Gasteiger partial charge >= 0.3 is 47.6 Å². The summed E-state index contributed by atoms with van der Waals surface area (Å²) in [5.74, 6) is -6.47. The van der Waals surface area contributed by atoms with Crippen LogP contribution in [0.5, 0.6) is 0 Å². The molecule has 434 valence electrons. The van der Waals surface area contributed by atoms with Gasteiger partial charge in [0.15, 0.2) is 43.7 Å². The van der Waals surface area contributed by atoms with Crippen LogP contribution in [-0.4, -0.2) is 250 Å². The molecule has 0 spiro atoms. The van der Waals surface area contributed by atoms with Gasteiger partial charge in [-0.2, -0.15) is 33.7 Å². The zero-order chi connectivity index (χ0) is 55.7. The molecule has 5 heterocycles. The van der Waals surface area contributed by atoms with Gasteiger partial charge in [0.1, 0.15) is 67.3 Å². The number of hydrogen-bond acceptors (Lipinski definition) is 31. The van der Waals surface area contributed by atoms with Gasteiger partial charge in [-0.05, 0) is 5.92 Å². The van der Waals surface area contributed by atoms with Crippen molar-refractivity contribution in [3.8, 4) is 0 Å². The monoisotopic (exact) mass is 1170 g/mol. The Morgan fingerprint density at radius 2 is 0.932 bits per heavy atom. The average Bonchev–Trinajstić information content (AvgIpc) is 3.29. The second-order valence-electron chi connectivity index (χ2n) is 17.6. The highest BCUT2D eigenvalue weighted by molar-refractivity contribution is 7.81. The molecule has 0 aromatic carbocycles. The summed E-state index contributed by atoms with van der Waals surface area (Å²) in [6, 6.07) is 0. The van der Waals surface area contributed by atoms with Crippen molar-refractivity contribution in [1.29, 1.82) is 0 Å². The van der Waals surface area contributed by atoms with Gasteiger partial charge < -0.3 is 93.8 Å². The fourth-order valence-corrected chi connectivity index (χ4v) is 9.96. The Bertz CT molecular complexity index is 2320. The van der Waals surface area contributed by atoms with E-state index in [4.69, 9.17) is 51.9 Å². The van der Waals surface area contributed by atoms with Crippen molar-refractivity contribution in [3.05, 3.63) is 5.21 Å². The summed E-state index contributed by atoms with van der Waals surface area (Å²) < 4.78 is 204. The molecule has 0 aromatic rings. The SMILES string of the molecule is CO[C@H]1OC(COS(=O)(=O)O)[C@@H](O[C@@H]2O[C@@H](N[O-])[C@@H](O[C@H]3OC(COS(=O)(=O)O)[C@@H](O[C@@H]4OC(C(=O)O)[C@@H](O[C@H]5OC(COS(=O)(=O)O)[C@@H](O)[C@H](O)C5C)[C@H](O)C4O)[C@H](C)C3C)C(O)C2OS(=O)(=O)O)[C@H](O)C1C. The van der Waals surface area contributed by atoms with Crippen molar-refractivity contribution < 1.29 is 157 Å². The molecule has 0 bridgehead atoms. The lowest BCUT2D eigenvalue weighted by atomic mass is 9.84. The number of carbonyl (C=O) groups is 1. The molecule has 40 heteroatoms. The molecule has 0 aliphatic carbocycles. The molecule has 36 nitrogen and oxygen atoms in total. The van der Waals surface area contributed by atoms with Crippen LogP contribution in [-0.2, 0) is 110 Å². The molecule has 5 fully saturated rings. The summed E-state index contributed by atoms with van der Waals surface area (Å²) in [5.41, 5.74) is 1.37. The van der Waals surface area contributed by atoms with E-state index < -0.39 is 220 Å². The quantitative estimate of drug-likeness (QED) is 0.0354. The van der Waals surface area contributed by atoms with Crippen molar-refractivity contribution in [2.24, 2.45) is 23.7 Å². The molecular formula is C34H58NO35S4-. The first-order valence-electron chi connectivity index (χ1n) is 21.7. The number of aliphatic hydroxyl groups excluding tert-OH is 6. The molecule has 5 saturated heterocycles. The van der Waals surface area contributed by atoms with Crippen molar-refractivity contribution in [2.45, 2.75) is 157 Å². The highest BCUT2D eigenvalue weighted by Gasteiger charge is 2.57. The average molecular weight is 1170 g/mol. The normalized spacial score (nSPS) is 44.0. The summed E-state index contributed by atoms with van der Waals surface area (Å²) in [6.45, 7) is 1.88. The number of aliphatic hydroxyl groups is 6. The molecule has 10 unspecified atom stereocenters. The molecule has 0 aromatic heterocycles. The number of aliphatic carboxylic acids is 1. The predicted molar refractivity (Wildman–Crippen MR) is 226 cm³/mol. The number of nitrogens with one attached hydrogen (secondary N) is 1. The molecule has 74 heavy (non-hydrogen) atoms. The van der Waals surface area contributed by atoms with Gasteiger partial charge in [0, 0.05) is 24.9 Å². The van der Waals surface area contributed by atoms with Crippen LogP contribution in [0.1, 0.15) is 27.7 Å². The fraction of sp³-hybridized carbons (Fsp3) is 0.971. The summed E-state index contributed by atoms with van der Waals surface area (Å²) in [6.07, 6.45) is -42.0. The first-order valence-corrected chi connectivity index (χ1v) is 27.1. The molecule has 0 saturated carbocycles. The Morgan fingerprint density at radius 1 is 0.473 bits per heavy atom. The molecule has 5 rings (SSSR count). The number of hydroxylamine groups is 1. The molecule has 5 aliphatic rings. The third-order valence-corrected chi connectivity index (χ3v) is 14.4. The van der Waals surface area contributed by atoms with E-state index in [9.17, 15) is 93.1 Å². The topological polar surface area (TPSA) is 540 Å². The minimum Gasteiger partial charge on any atom is -0.786 e. The van der Waals surface area contributed by atoms with E-state index in [2.05, 4.69) is 16.7 Å². The zero-order valence-electron chi connectivity index (χ0n) is 38.9.